The maximum absolute atomic E-state index is 12.9. The average molecular weight is 392 g/mol. The van der Waals surface area contributed by atoms with Gasteiger partial charge in [0.1, 0.15) is 11.8 Å². The van der Waals surface area contributed by atoms with Crippen molar-refractivity contribution in [2.45, 2.75) is 25.3 Å². The Morgan fingerprint density at radius 3 is 2.62 bits per heavy atom. The van der Waals surface area contributed by atoms with Crippen molar-refractivity contribution in [2.24, 2.45) is 0 Å². The topological polar surface area (TPSA) is 80.5 Å². The van der Waals surface area contributed by atoms with Crippen molar-refractivity contribution in [3.63, 3.8) is 0 Å². The van der Waals surface area contributed by atoms with Crippen LogP contribution in [0, 0.1) is 0 Å². The molecule has 1 N–H and O–H groups in total. The zero-order valence-corrected chi connectivity index (χ0v) is 16.4. The molecule has 2 aromatic carbocycles. The van der Waals surface area contributed by atoms with Gasteiger partial charge in [0, 0.05) is 18.7 Å². The monoisotopic (exact) mass is 392 g/mol. The van der Waals surface area contributed by atoms with Crippen LogP contribution in [0.4, 0.5) is 6.01 Å². The van der Waals surface area contributed by atoms with Gasteiger partial charge in [-0.2, -0.15) is 0 Å². The summed E-state index contributed by atoms with van der Waals surface area (Å²) in [6, 6.07) is 16.6. The van der Waals surface area contributed by atoms with E-state index in [0.717, 1.165) is 31.5 Å². The quantitative estimate of drug-likeness (QED) is 0.691. The number of amides is 1. The number of carbonyl (C=O) groups is 1. The lowest BCUT2D eigenvalue weighted by molar-refractivity contribution is 0.0937. The van der Waals surface area contributed by atoms with Gasteiger partial charge in [0.25, 0.3) is 5.91 Å². The number of benzene rings is 2. The Labute approximate surface area is 169 Å². The molecule has 1 saturated heterocycles. The number of aromatic nitrogens is 2. The molecule has 0 aliphatic carbocycles. The molecule has 1 aromatic heterocycles. The zero-order chi connectivity index (χ0) is 20.1. The minimum absolute atomic E-state index is 0.240. The first-order valence-electron chi connectivity index (χ1n) is 9.83. The highest BCUT2D eigenvalue weighted by molar-refractivity contribution is 5.95. The molecular weight excluding hydrogens is 368 g/mol. The maximum Gasteiger partial charge on any atom is 0.318 e. The van der Waals surface area contributed by atoms with Gasteiger partial charge >= 0.3 is 6.01 Å². The Balaban J connectivity index is 1.60. The van der Waals surface area contributed by atoms with Gasteiger partial charge in [0.2, 0.25) is 5.89 Å². The van der Waals surface area contributed by atoms with Gasteiger partial charge in [0.15, 0.2) is 0 Å². The second-order valence-electron chi connectivity index (χ2n) is 7.02. The third-order valence-electron chi connectivity index (χ3n) is 5.04. The predicted octanol–water partition coefficient (Wildman–Crippen LogP) is 3.59. The van der Waals surface area contributed by atoms with Crippen LogP contribution in [0.3, 0.4) is 0 Å². The summed E-state index contributed by atoms with van der Waals surface area (Å²) >= 11 is 0. The highest BCUT2D eigenvalue weighted by Crippen LogP contribution is 2.26. The van der Waals surface area contributed by atoms with Gasteiger partial charge < -0.3 is 19.4 Å². The summed E-state index contributed by atoms with van der Waals surface area (Å²) in [4.78, 5) is 15.0. The molecule has 1 amide bonds. The number of rotatable bonds is 6. The Morgan fingerprint density at radius 2 is 1.86 bits per heavy atom. The summed E-state index contributed by atoms with van der Waals surface area (Å²) in [5.41, 5.74) is 1.37. The number of hydrogen-bond acceptors (Lipinski definition) is 6. The van der Waals surface area contributed by atoms with Crippen molar-refractivity contribution in [3.8, 4) is 5.75 Å². The molecule has 1 fully saturated rings. The van der Waals surface area contributed by atoms with Gasteiger partial charge in [-0.1, -0.05) is 41.5 Å². The zero-order valence-electron chi connectivity index (χ0n) is 16.4. The lowest BCUT2D eigenvalue weighted by atomic mass is 10.1. The molecule has 4 rings (SSSR count). The van der Waals surface area contributed by atoms with E-state index in [-0.39, 0.29) is 5.91 Å². The molecule has 0 bridgehead atoms. The summed E-state index contributed by atoms with van der Waals surface area (Å²) in [6.07, 6.45) is 3.46. The molecule has 1 aliphatic rings. The molecular formula is C22H24N4O3. The van der Waals surface area contributed by atoms with Crippen LogP contribution in [0.25, 0.3) is 0 Å². The molecule has 29 heavy (non-hydrogen) atoms. The fraction of sp³-hybridized carbons (Fsp3) is 0.318. The van der Waals surface area contributed by atoms with Crippen molar-refractivity contribution in [1.29, 1.82) is 0 Å². The molecule has 2 heterocycles. The predicted molar refractivity (Wildman–Crippen MR) is 109 cm³/mol. The van der Waals surface area contributed by atoms with Crippen molar-refractivity contribution < 1.29 is 13.9 Å². The minimum Gasteiger partial charge on any atom is -0.497 e. The van der Waals surface area contributed by atoms with Crippen LogP contribution in [0.15, 0.2) is 59.0 Å². The third-order valence-corrected chi connectivity index (χ3v) is 5.04. The van der Waals surface area contributed by atoms with E-state index in [2.05, 4.69) is 20.4 Å². The first-order valence-corrected chi connectivity index (χ1v) is 9.83. The number of anilines is 1. The fourth-order valence-corrected chi connectivity index (χ4v) is 3.47. The van der Waals surface area contributed by atoms with E-state index in [9.17, 15) is 4.79 Å². The van der Waals surface area contributed by atoms with Crippen LogP contribution in [0.5, 0.6) is 5.75 Å². The first kappa shape index (κ1) is 19.0. The second kappa shape index (κ2) is 8.77. The van der Waals surface area contributed by atoms with Crippen molar-refractivity contribution in [2.75, 3.05) is 25.1 Å². The summed E-state index contributed by atoms with van der Waals surface area (Å²) in [6.45, 7) is 1.82. The highest BCUT2D eigenvalue weighted by Gasteiger charge is 2.25. The Bertz CT molecular complexity index is 951. The van der Waals surface area contributed by atoms with Crippen LogP contribution >= 0.6 is 0 Å². The highest BCUT2D eigenvalue weighted by atomic mass is 16.5. The summed E-state index contributed by atoms with van der Waals surface area (Å²) in [5, 5.41) is 11.5. The van der Waals surface area contributed by atoms with Crippen LogP contribution in [-0.2, 0) is 0 Å². The Hall–Kier alpha value is -3.35. The molecule has 1 aliphatic heterocycles. The summed E-state index contributed by atoms with van der Waals surface area (Å²) < 4.78 is 11.2. The van der Waals surface area contributed by atoms with Crippen LogP contribution in [-0.4, -0.2) is 36.3 Å². The number of methoxy groups -OCH3 is 1. The average Bonchev–Trinajstić information content (AvgIpc) is 3.28. The summed E-state index contributed by atoms with van der Waals surface area (Å²) in [5.74, 6) is 0.752. The van der Waals surface area contributed by atoms with E-state index >= 15 is 0 Å². The van der Waals surface area contributed by atoms with E-state index in [0.29, 0.717) is 23.2 Å². The third kappa shape index (κ3) is 4.39. The fourth-order valence-electron chi connectivity index (χ4n) is 3.47. The van der Waals surface area contributed by atoms with Crippen molar-refractivity contribution >= 4 is 11.9 Å². The lowest BCUT2D eigenvalue weighted by Crippen LogP contribution is -2.30. The van der Waals surface area contributed by atoms with Crippen LogP contribution < -0.4 is 15.0 Å². The standard InChI is InChI=1S/C22H24N4O3/c1-28-18-12-8-11-17(15-18)20(27)23-19(16-9-4-2-5-10-16)21-24-25-22(29-21)26-13-6-3-7-14-26/h2,4-5,8-12,15,19H,3,6-7,13-14H2,1H3,(H,23,27). The van der Waals surface area contributed by atoms with E-state index in [4.69, 9.17) is 9.15 Å². The molecule has 1 unspecified atom stereocenters. The number of ether oxygens (including phenoxy) is 1. The van der Waals surface area contributed by atoms with Gasteiger partial charge in [-0.05, 0) is 43.0 Å². The van der Waals surface area contributed by atoms with Crippen molar-refractivity contribution in [3.05, 3.63) is 71.6 Å². The largest absolute Gasteiger partial charge is 0.497 e. The number of nitrogens with zero attached hydrogens (tertiary/aromatic N) is 3. The van der Waals surface area contributed by atoms with Gasteiger partial charge in [-0.3, -0.25) is 4.79 Å². The molecule has 1 atom stereocenters. The molecule has 7 heteroatoms. The van der Waals surface area contributed by atoms with E-state index < -0.39 is 6.04 Å². The molecule has 150 valence electrons. The number of nitrogens with one attached hydrogen (secondary N) is 1. The maximum atomic E-state index is 12.9. The SMILES string of the molecule is COc1cccc(C(=O)NC(c2ccccc2)c2nnc(N3CCCCC3)o2)c1. The second-order valence-corrected chi connectivity index (χ2v) is 7.02. The van der Waals surface area contributed by atoms with E-state index in [1.165, 1.54) is 6.42 Å². The Morgan fingerprint density at radius 1 is 1.07 bits per heavy atom. The van der Waals surface area contributed by atoms with Crippen LogP contribution in [0.1, 0.15) is 47.1 Å². The molecule has 0 saturated carbocycles. The first-order chi connectivity index (χ1) is 14.2. The normalized spacial score (nSPS) is 15.0. The molecule has 7 nitrogen and oxygen atoms in total. The molecule has 3 aromatic rings. The number of piperidine rings is 1. The minimum atomic E-state index is -0.541. The van der Waals surface area contributed by atoms with E-state index in [1.54, 1.807) is 31.4 Å². The lowest BCUT2D eigenvalue weighted by Gasteiger charge is -2.24. The van der Waals surface area contributed by atoms with Crippen molar-refractivity contribution in [1.82, 2.24) is 15.5 Å². The van der Waals surface area contributed by atoms with Gasteiger partial charge in [-0.25, -0.2) is 0 Å². The number of hydrogen-bond donors (Lipinski definition) is 1. The van der Waals surface area contributed by atoms with Gasteiger partial charge in [-0.15, -0.1) is 5.10 Å². The smallest absolute Gasteiger partial charge is 0.318 e. The number of carbonyl (C=O) groups excluding carboxylic acids is 1. The molecule has 0 spiro atoms. The van der Waals surface area contributed by atoms with Crippen LogP contribution in [0.2, 0.25) is 0 Å². The van der Waals surface area contributed by atoms with Gasteiger partial charge in [0.05, 0.1) is 7.11 Å². The Kier molecular flexibility index (Phi) is 5.74. The molecule has 0 radical (unpaired) electrons. The summed E-state index contributed by atoms with van der Waals surface area (Å²) in [7, 11) is 1.57. The van der Waals surface area contributed by atoms with E-state index in [1.807, 2.05) is 30.3 Å².